The van der Waals surface area contributed by atoms with E-state index in [0.717, 1.165) is 32.0 Å². The lowest BCUT2D eigenvalue weighted by molar-refractivity contribution is 0.170. The second-order valence-corrected chi connectivity index (χ2v) is 6.76. The summed E-state index contributed by atoms with van der Waals surface area (Å²) in [4.78, 5) is 9.44. The van der Waals surface area contributed by atoms with Gasteiger partial charge in [-0.15, -0.1) is 0 Å². The van der Waals surface area contributed by atoms with Crippen molar-refractivity contribution in [2.45, 2.75) is 52.2 Å². The third kappa shape index (κ3) is 4.24. The first-order valence-electron chi connectivity index (χ1n) is 9.01. The van der Waals surface area contributed by atoms with E-state index >= 15 is 0 Å². The first-order valence-corrected chi connectivity index (χ1v) is 9.01. The first kappa shape index (κ1) is 17.2. The van der Waals surface area contributed by atoms with E-state index in [1.807, 2.05) is 6.92 Å². The normalized spacial score (nSPS) is 19.8. The number of hydrogen-bond acceptors (Lipinski definition) is 5. The van der Waals surface area contributed by atoms with E-state index < -0.39 is 0 Å². The SMILES string of the molecule is CCN(Cc1noc(C)n1)C1CCCN(Cc2cccn2C)CC1. The summed E-state index contributed by atoms with van der Waals surface area (Å²) in [5.74, 6) is 1.45. The van der Waals surface area contributed by atoms with E-state index in [1.54, 1.807) is 0 Å². The maximum Gasteiger partial charge on any atom is 0.223 e. The van der Waals surface area contributed by atoms with Crippen molar-refractivity contribution in [2.24, 2.45) is 7.05 Å². The van der Waals surface area contributed by atoms with Gasteiger partial charge in [-0.3, -0.25) is 9.80 Å². The number of likely N-dealkylation sites (tertiary alicyclic amines) is 1. The molecule has 1 atom stereocenters. The second kappa shape index (κ2) is 7.94. The number of aryl methyl sites for hydroxylation is 2. The number of rotatable bonds is 6. The Morgan fingerprint density at radius 2 is 2.21 bits per heavy atom. The molecule has 0 aliphatic carbocycles. The molecular formula is C18H29N5O. The van der Waals surface area contributed by atoms with Crippen LogP contribution in [0, 0.1) is 6.92 Å². The number of nitrogens with zero attached hydrogens (tertiary/aromatic N) is 5. The third-order valence-corrected chi connectivity index (χ3v) is 5.06. The van der Waals surface area contributed by atoms with E-state index in [9.17, 15) is 0 Å². The molecule has 1 unspecified atom stereocenters. The molecule has 1 aliphatic rings. The summed E-state index contributed by atoms with van der Waals surface area (Å²) in [7, 11) is 2.13. The van der Waals surface area contributed by atoms with Gasteiger partial charge in [-0.1, -0.05) is 12.1 Å². The molecule has 0 amide bonds. The number of hydrogen-bond donors (Lipinski definition) is 0. The van der Waals surface area contributed by atoms with Gasteiger partial charge in [0, 0.05) is 45.0 Å². The Hall–Kier alpha value is -1.66. The molecule has 1 aliphatic heterocycles. The summed E-state index contributed by atoms with van der Waals surface area (Å²) >= 11 is 0. The number of aromatic nitrogens is 3. The molecule has 0 bridgehead atoms. The van der Waals surface area contributed by atoms with Gasteiger partial charge < -0.3 is 9.09 Å². The predicted molar refractivity (Wildman–Crippen MR) is 93.4 cm³/mol. The summed E-state index contributed by atoms with van der Waals surface area (Å²) in [6.07, 6.45) is 5.82. The summed E-state index contributed by atoms with van der Waals surface area (Å²) < 4.78 is 7.33. The van der Waals surface area contributed by atoms with E-state index in [2.05, 4.69) is 56.8 Å². The van der Waals surface area contributed by atoms with Gasteiger partial charge in [-0.2, -0.15) is 4.98 Å². The minimum atomic E-state index is 0.604. The second-order valence-electron chi connectivity index (χ2n) is 6.76. The molecule has 0 radical (unpaired) electrons. The molecule has 24 heavy (non-hydrogen) atoms. The molecule has 6 nitrogen and oxygen atoms in total. The van der Waals surface area contributed by atoms with E-state index in [1.165, 1.54) is 31.5 Å². The van der Waals surface area contributed by atoms with Crippen molar-refractivity contribution in [1.29, 1.82) is 0 Å². The van der Waals surface area contributed by atoms with Crippen molar-refractivity contribution < 1.29 is 4.52 Å². The lowest BCUT2D eigenvalue weighted by Gasteiger charge is -2.29. The highest BCUT2D eigenvalue weighted by molar-refractivity contribution is 5.06. The van der Waals surface area contributed by atoms with Crippen molar-refractivity contribution in [3.63, 3.8) is 0 Å². The highest BCUT2D eigenvalue weighted by atomic mass is 16.5. The molecule has 3 rings (SSSR count). The standard InChI is InChI=1S/C18H29N5O/c1-4-23(14-18-19-15(2)24-20-18)16-7-6-11-22(12-9-16)13-17-8-5-10-21(17)3/h5,8,10,16H,4,6-7,9,11-14H2,1-3H3. The molecule has 2 aromatic rings. The Morgan fingerprint density at radius 1 is 1.33 bits per heavy atom. The zero-order valence-electron chi connectivity index (χ0n) is 15.1. The fourth-order valence-corrected chi connectivity index (χ4v) is 3.64. The largest absolute Gasteiger partial charge is 0.353 e. The molecule has 3 heterocycles. The monoisotopic (exact) mass is 331 g/mol. The molecule has 0 spiro atoms. The van der Waals surface area contributed by atoms with Crippen LogP contribution < -0.4 is 0 Å². The van der Waals surface area contributed by atoms with Crippen molar-refractivity contribution in [3.8, 4) is 0 Å². The lowest BCUT2D eigenvalue weighted by atomic mass is 10.1. The molecule has 1 saturated heterocycles. The first-order chi connectivity index (χ1) is 11.7. The van der Waals surface area contributed by atoms with Crippen LogP contribution in [0.15, 0.2) is 22.9 Å². The zero-order chi connectivity index (χ0) is 16.9. The van der Waals surface area contributed by atoms with Crippen LogP contribution in [0.3, 0.4) is 0 Å². The zero-order valence-corrected chi connectivity index (χ0v) is 15.1. The molecule has 1 fully saturated rings. The summed E-state index contributed by atoms with van der Waals surface area (Å²) in [5, 5.41) is 4.06. The molecule has 132 valence electrons. The highest BCUT2D eigenvalue weighted by Crippen LogP contribution is 2.20. The minimum Gasteiger partial charge on any atom is -0.353 e. The van der Waals surface area contributed by atoms with Gasteiger partial charge in [0.05, 0.1) is 6.54 Å². The lowest BCUT2D eigenvalue weighted by Crippen LogP contribution is -2.36. The van der Waals surface area contributed by atoms with Gasteiger partial charge in [-0.25, -0.2) is 0 Å². The van der Waals surface area contributed by atoms with Crippen LogP contribution >= 0.6 is 0 Å². The van der Waals surface area contributed by atoms with Gasteiger partial charge in [0.15, 0.2) is 5.82 Å². The molecule has 0 aromatic carbocycles. The maximum atomic E-state index is 5.11. The van der Waals surface area contributed by atoms with Crippen LogP contribution in [-0.2, 0) is 20.1 Å². The van der Waals surface area contributed by atoms with E-state index in [-0.39, 0.29) is 0 Å². The average Bonchev–Trinajstić information content (AvgIpc) is 3.08. The van der Waals surface area contributed by atoms with Crippen LogP contribution in [-0.4, -0.2) is 50.2 Å². The van der Waals surface area contributed by atoms with Gasteiger partial charge >= 0.3 is 0 Å². The fraction of sp³-hybridized carbons (Fsp3) is 0.667. The van der Waals surface area contributed by atoms with Gasteiger partial charge in [0.2, 0.25) is 5.89 Å². The van der Waals surface area contributed by atoms with Crippen molar-refractivity contribution in [3.05, 3.63) is 35.7 Å². The topological polar surface area (TPSA) is 50.3 Å². The summed E-state index contributed by atoms with van der Waals surface area (Å²) in [6, 6.07) is 4.95. The van der Waals surface area contributed by atoms with Crippen LogP contribution in [0.5, 0.6) is 0 Å². The minimum absolute atomic E-state index is 0.604. The predicted octanol–water partition coefficient (Wildman–Crippen LogP) is 2.59. The third-order valence-electron chi connectivity index (χ3n) is 5.06. The summed E-state index contributed by atoms with van der Waals surface area (Å²) in [6.45, 7) is 9.26. The average molecular weight is 331 g/mol. The molecule has 0 saturated carbocycles. The molecule has 2 aromatic heterocycles. The van der Waals surface area contributed by atoms with Crippen molar-refractivity contribution in [1.82, 2.24) is 24.5 Å². The smallest absolute Gasteiger partial charge is 0.223 e. The van der Waals surface area contributed by atoms with Crippen LogP contribution in [0.25, 0.3) is 0 Å². The highest BCUT2D eigenvalue weighted by Gasteiger charge is 2.23. The molecular weight excluding hydrogens is 302 g/mol. The van der Waals surface area contributed by atoms with E-state index in [4.69, 9.17) is 4.52 Å². The van der Waals surface area contributed by atoms with Crippen LogP contribution in [0.4, 0.5) is 0 Å². The Kier molecular flexibility index (Phi) is 5.68. The van der Waals surface area contributed by atoms with E-state index in [0.29, 0.717) is 11.9 Å². The quantitative estimate of drug-likeness (QED) is 0.814. The molecule has 6 heteroatoms. The Labute approximate surface area is 144 Å². The van der Waals surface area contributed by atoms with Crippen molar-refractivity contribution >= 4 is 0 Å². The maximum absolute atomic E-state index is 5.11. The van der Waals surface area contributed by atoms with Crippen LogP contribution in [0.2, 0.25) is 0 Å². The van der Waals surface area contributed by atoms with Gasteiger partial charge in [0.1, 0.15) is 0 Å². The van der Waals surface area contributed by atoms with Gasteiger partial charge in [0.25, 0.3) is 0 Å². The van der Waals surface area contributed by atoms with Crippen LogP contribution in [0.1, 0.15) is 43.6 Å². The summed E-state index contributed by atoms with van der Waals surface area (Å²) in [5.41, 5.74) is 1.39. The Balaban J connectivity index is 1.56. The fourth-order valence-electron chi connectivity index (χ4n) is 3.64. The van der Waals surface area contributed by atoms with Crippen molar-refractivity contribution in [2.75, 3.05) is 19.6 Å². The molecule has 0 N–H and O–H groups in total. The van der Waals surface area contributed by atoms with Gasteiger partial charge in [-0.05, 0) is 44.5 Å². The Bertz CT molecular complexity index is 635. The Morgan fingerprint density at radius 3 is 2.88 bits per heavy atom.